The van der Waals surface area contributed by atoms with Crippen LogP contribution in [-0.2, 0) is 4.79 Å². The Hall–Kier alpha value is -3.09. The lowest BCUT2D eigenvalue weighted by atomic mass is 9.94. The van der Waals surface area contributed by atoms with Gasteiger partial charge in [0.1, 0.15) is 11.6 Å². The van der Waals surface area contributed by atoms with Crippen LogP contribution >= 0.6 is 0 Å². The summed E-state index contributed by atoms with van der Waals surface area (Å²) < 4.78 is 18.7. The molecule has 2 N–H and O–H groups in total. The third-order valence-electron chi connectivity index (χ3n) is 4.98. The lowest BCUT2D eigenvalue weighted by Crippen LogP contribution is -2.40. The molecular formula is C21H24FN3O3. The second kappa shape index (κ2) is 8.29. The molecule has 0 radical (unpaired) electrons. The number of halogens is 1. The Labute approximate surface area is 163 Å². The molecule has 28 heavy (non-hydrogen) atoms. The summed E-state index contributed by atoms with van der Waals surface area (Å²) in [6.45, 7) is 4.08. The Kier molecular flexibility index (Phi) is 5.82. The fourth-order valence-electron chi connectivity index (χ4n) is 3.49. The van der Waals surface area contributed by atoms with Crippen LogP contribution in [0.15, 0.2) is 42.5 Å². The molecule has 1 heterocycles. The van der Waals surface area contributed by atoms with E-state index in [0.717, 1.165) is 16.9 Å². The number of hydrogen-bond acceptors (Lipinski definition) is 3. The van der Waals surface area contributed by atoms with Crippen molar-refractivity contribution in [3.63, 3.8) is 0 Å². The van der Waals surface area contributed by atoms with Crippen molar-refractivity contribution in [2.75, 3.05) is 25.5 Å². The van der Waals surface area contributed by atoms with Crippen molar-refractivity contribution >= 4 is 17.6 Å². The zero-order valence-corrected chi connectivity index (χ0v) is 16.2. The van der Waals surface area contributed by atoms with Gasteiger partial charge in [-0.25, -0.2) is 9.18 Å². The maximum atomic E-state index is 13.5. The van der Waals surface area contributed by atoms with Gasteiger partial charge in [0.15, 0.2) is 0 Å². The predicted molar refractivity (Wildman–Crippen MR) is 105 cm³/mol. The zero-order valence-electron chi connectivity index (χ0n) is 16.2. The van der Waals surface area contributed by atoms with Crippen molar-refractivity contribution in [3.8, 4) is 5.75 Å². The molecule has 0 bridgehead atoms. The van der Waals surface area contributed by atoms with Crippen molar-refractivity contribution in [1.82, 2.24) is 10.2 Å². The van der Waals surface area contributed by atoms with E-state index < -0.39 is 5.82 Å². The highest BCUT2D eigenvalue weighted by atomic mass is 19.1. The molecule has 2 aromatic rings. The Morgan fingerprint density at radius 1 is 1.14 bits per heavy atom. The molecule has 6 nitrogen and oxygen atoms in total. The number of nitrogens with one attached hydrogen (secondary N) is 2. The van der Waals surface area contributed by atoms with E-state index in [1.54, 1.807) is 25.0 Å². The number of ether oxygens (including phenoxy) is 1. The van der Waals surface area contributed by atoms with Gasteiger partial charge in [-0.1, -0.05) is 18.2 Å². The van der Waals surface area contributed by atoms with Gasteiger partial charge in [-0.15, -0.1) is 0 Å². The maximum absolute atomic E-state index is 13.5. The lowest BCUT2D eigenvalue weighted by molar-refractivity contribution is -0.119. The monoisotopic (exact) mass is 385 g/mol. The highest BCUT2D eigenvalue weighted by Gasteiger charge is 2.36. The molecule has 148 valence electrons. The van der Waals surface area contributed by atoms with Gasteiger partial charge in [0, 0.05) is 31.6 Å². The van der Waals surface area contributed by atoms with Crippen LogP contribution < -0.4 is 15.4 Å². The number of rotatable bonds is 4. The van der Waals surface area contributed by atoms with Crippen LogP contribution in [0.3, 0.4) is 0 Å². The molecule has 3 rings (SSSR count). The third-order valence-corrected chi connectivity index (χ3v) is 4.98. The number of amides is 3. The summed E-state index contributed by atoms with van der Waals surface area (Å²) in [5.41, 5.74) is 2.23. The molecule has 2 atom stereocenters. The van der Waals surface area contributed by atoms with Crippen LogP contribution in [0.1, 0.15) is 24.0 Å². The second-order valence-corrected chi connectivity index (χ2v) is 6.98. The summed E-state index contributed by atoms with van der Waals surface area (Å²) in [7, 11) is 1.60. The van der Waals surface area contributed by atoms with E-state index in [1.165, 1.54) is 19.1 Å². The van der Waals surface area contributed by atoms with Crippen LogP contribution in [0, 0.1) is 12.7 Å². The fraction of sp³-hybridized carbons (Fsp3) is 0.333. The number of anilines is 1. The smallest absolute Gasteiger partial charge is 0.321 e. The third kappa shape index (κ3) is 4.42. The van der Waals surface area contributed by atoms with E-state index in [4.69, 9.17) is 4.74 Å². The Morgan fingerprint density at radius 2 is 1.86 bits per heavy atom. The van der Waals surface area contributed by atoms with Crippen molar-refractivity contribution < 1.29 is 18.7 Å². The van der Waals surface area contributed by atoms with Crippen molar-refractivity contribution in [2.45, 2.75) is 25.8 Å². The molecule has 0 saturated carbocycles. The van der Waals surface area contributed by atoms with E-state index in [-0.39, 0.29) is 23.9 Å². The molecule has 0 unspecified atom stereocenters. The normalized spacial score (nSPS) is 18.6. The number of aryl methyl sites for hydroxylation is 1. The number of carbonyl (C=O) groups is 2. The zero-order chi connectivity index (χ0) is 20.3. The van der Waals surface area contributed by atoms with Gasteiger partial charge < -0.3 is 20.3 Å². The van der Waals surface area contributed by atoms with Crippen LogP contribution in [0.5, 0.6) is 5.75 Å². The van der Waals surface area contributed by atoms with Crippen LogP contribution in [-0.4, -0.2) is 43.1 Å². The highest BCUT2D eigenvalue weighted by molar-refractivity contribution is 5.90. The molecule has 0 aromatic heterocycles. The number of likely N-dealkylation sites (tertiary alicyclic amines) is 1. The standard InChI is InChI=1S/C21H24FN3O3/c1-13-4-7-16(22)10-19(13)24-21(27)25-11-18(20(12-25)23-14(2)26)15-5-8-17(28-3)9-6-15/h4-10,18,20H,11-12H2,1-3H3,(H,23,26)(H,24,27)/t18-,20+/m0/s1. The average Bonchev–Trinajstić information content (AvgIpc) is 3.08. The van der Waals surface area contributed by atoms with E-state index in [0.29, 0.717) is 18.8 Å². The first-order chi connectivity index (χ1) is 13.4. The predicted octanol–water partition coefficient (Wildman–Crippen LogP) is 3.28. The number of carbonyl (C=O) groups excluding carboxylic acids is 2. The maximum Gasteiger partial charge on any atom is 0.321 e. The van der Waals surface area contributed by atoms with E-state index in [9.17, 15) is 14.0 Å². The first kappa shape index (κ1) is 19.7. The molecule has 1 aliphatic rings. The number of nitrogens with zero attached hydrogens (tertiary/aromatic N) is 1. The van der Waals surface area contributed by atoms with E-state index in [2.05, 4.69) is 10.6 Å². The number of benzene rings is 2. The van der Waals surface area contributed by atoms with Crippen LogP contribution in [0.4, 0.5) is 14.9 Å². The summed E-state index contributed by atoms with van der Waals surface area (Å²) in [6, 6.07) is 11.4. The van der Waals surface area contributed by atoms with Gasteiger partial charge in [-0.3, -0.25) is 4.79 Å². The minimum absolute atomic E-state index is 0.0471. The van der Waals surface area contributed by atoms with Crippen molar-refractivity contribution in [1.29, 1.82) is 0 Å². The Bertz CT molecular complexity index is 870. The quantitative estimate of drug-likeness (QED) is 0.849. The second-order valence-electron chi connectivity index (χ2n) is 6.98. The summed E-state index contributed by atoms with van der Waals surface area (Å²) in [5.74, 6) is 0.143. The topological polar surface area (TPSA) is 70.7 Å². The molecule has 3 amide bonds. The highest BCUT2D eigenvalue weighted by Crippen LogP contribution is 2.30. The Morgan fingerprint density at radius 3 is 2.50 bits per heavy atom. The molecule has 1 fully saturated rings. The average molecular weight is 385 g/mol. The van der Waals surface area contributed by atoms with Gasteiger partial charge >= 0.3 is 6.03 Å². The van der Waals surface area contributed by atoms with E-state index >= 15 is 0 Å². The lowest BCUT2D eigenvalue weighted by Gasteiger charge is -2.19. The van der Waals surface area contributed by atoms with Gasteiger partial charge in [0.25, 0.3) is 0 Å². The summed E-state index contributed by atoms with van der Waals surface area (Å²) in [6.07, 6.45) is 0. The fourth-order valence-corrected chi connectivity index (χ4v) is 3.49. The first-order valence-corrected chi connectivity index (χ1v) is 9.10. The molecule has 1 aliphatic heterocycles. The van der Waals surface area contributed by atoms with Crippen LogP contribution in [0.25, 0.3) is 0 Å². The largest absolute Gasteiger partial charge is 0.497 e. The van der Waals surface area contributed by atoms with Crippen molar-refractivity contribution in [2.24, 2.45) is 0 Å². The van der Waals surface area contributed by atoms with Gasteiger partial charge in [-0.2, -0.15) is 0 Å². The van der Waals surface area contributed by atoms with E-state index in [1.807, 2.05) is 24.3 Å². The Balaban J connectivity index is 1.77. The molecule has 0 aliphatic carbocycles. The molecule has 0 spiro atoms. The van der Waals surface area contributed by atoms with Gasteiger partial charge in [0.05, 0.1) is 13.2 Å². The molecular weight excluding hydrogens is 361 g/mol. The molecule has 7 heteroatoms. The SMILES string of the molecule is COc1ccc([C@@H]2CN(C(=O)Nc3cc(F)ccc3C)C[C@H]2NC(C)=O)cc1. The van der Waals surface area contributed by atoms with Crippen LogP contribution in [0.2, 0.25) is 0 Å². The first-order valence-electron chi connectivity index (χ1n) is 9.10. The number of methoxy groups -OCH3 is 1. The summed E-state index contributed by atoms with van der Waals surface area (Å²) in [5, 5.41) is 5.71. The number of urea groups is 1. The molecule has 2 aromatic carbocycles. The number of hydrogen-bond donors (Lipinski definition) is 2. The van der Waals surface area contributed by atoms with Gasteiger partial charge in [-0.05, 0) is 42.3 Å². The minimum Gasteiger partial charge on any atom is -0.497 e. The van der Waals surface area contributed by atoms with Gasteiger partial charge in [0.2, 0.25) is 5.91 Å². The summed E-state index contributed by atoms with van der Waals surface area (Å²) >= 11 is 0. The minimum atomic E-state index is -0.408. The molecule has 1 saturated heterocycles. The van der Waals surface area contributed by atoms with Crippen molar-refractivity contribution in [3.05, 3.63) is 59.4 Å². The summed E-state index contributed by atoms with van der Waals surface area (Å²) in [4.78, 5) is 26.0.